The number of aromatic nitrogens is 2. The second-order valence-corrected chi connectivity index (χ2v) is 5.41. The quantitative estimate of drug-likeness (QED) is 0.864. The Labute approximate surface area is 124 Å². The third-order valence-corrected chi connectivity index (χ3v) is 3.58. The summed E-state index contributed by atoms with van der Waals surface area (Å²) in [5, 5.41) is 0. The summed E-state index contributed by atoms with van der Waals surface area (Å²) in [7, 11) is 4.06. The van der Waals surface area contributed by atoms with Crippen molar-refractivity contribution < 1.29 is 9.47 Å². The van der Waals surface area contributed by atoms with Crippen LogP contribution in [0.5, 0.6) is 5.75 Å². The van der Waals surface area contributed by atoms with Crippen LogP contribution in [-0.4, -0.2) is 28.3 Å². The van der Waals surface area contributed by atoms with Crippen LogP contribution in [0.25, 0.3) is 0 Å². The minimum Gasteiger partial charge on any atom is -0.467 e. The molecule has 3 rings (SSSR count). The van der Waals surface area contributed by atoms with Crippen molar-refractivity contribution >= 4 is 5.69 Å². The Morgan fingerprint density at radius 3 is 3.00 bits per heavy atom. The zero-order valence-corrected chi connectivity index (χ0v) is 12.4. The molecule has 2 heterocycles. The summed E-state index contributed by atoms with van der Waals surface area (Å²) in [6, 6.07) is 3.88. The van der Waals surface area contributed by atoms with Crippen molar-refractivity contribution in [3.63, 3.8) is 0 Å². The molecule has 21 heavy (non-hydrogen) atoms. The highest BCUT2D eigenvalue weighted by Crippen LogP contribution is 2.31. The highest BCUT2D eigenvalue weighted by Gasteiger charge is 2.17. The fraction of sp³-hybridized carbons (Fsp3) is 0.400. The second kappa shape index (κ2) is 5.75. The van der Waals surface area contributed by atoms with E-state index < -0.39 is 0 Å². The number of imidazole rings is 1. The molecule has 2 N–H and O–H groups in total. The molecule has 0 amide bonds. The van der Waals surface area contributed by atoms with Crippen LogP contribution in [0.15, 0.2) is 24.5 Å². The van der Waals surface area contributed by atoms with Gasteiger partial charge in [0.15, 0.2) is 6.79 Å². The van der Waals surface area contributed by atoms with E-state index in [1.165, 1.54) is 0 Å². The Bertz CT molecular complexity index is 639. The van der Waals surface area contributed by atoms with Gasteiger partial charge in [-0.1, -0.05) is 0 Å². The standard InChI is InChI=1S/C15H20N4O2/c1-18(8-14-17-3-4-19(14)2)7-11-5-13(16)6-12-9-20-10-21-15(11)12/h3-6H,7-10,16H2,1-2H3. The Hall–Kier alpha value is -2.05. The first kappa shape index (κ1) is 13.9. The molecule has 0 saturated carbocycles. The number of fused-ring (bicyclic) bond motifs is 1. The van der Waals surface area contributed by atoms with Gasteiger partial charge in [-0.15, -0.1) is 0 Å². The first-order valence-electron chi connectivity index (χ1n) is 6.90. The van der Waals surface area contributed by atoms with Crippen molar-refractivity contribution in [1.29, 1.82) is 0 Å². The number of hydrogen-bond acceptors (Lipinski definition) is 5. The first-order valence-corrected chi connectivity index (χ1v) is 6.90. The van der Waals surface area contributed by atoms with Gasteiger partial charge in [-0.3, -0.25) is 4.90 Å². The molecular weight excluding hydrogens is 268 g/mol. The summed E-state index contributed by atoms with van der Waals surface area (Å²) >= 11 is 0. The van der Waals surface area contributed by atoms with Gasteiger partial charge in [-0.2, -0.15) is 0 Å². The summed E-state index contributed by atoms with van der Waals surface area (Å²) in [6.45, 7) is 2.37. The van der Waals surface area contributed by atoms with Gasteiger partial charge < -0.3 is 19.8 Å². The summed E-state index contributed by atoms with van der Waals surface area (Å²) < 4.78 is 13.0. The predicted octanol–water partition coefficient (Wildman–Crippen LogP) is 1.50. The Balaban J connectivity index is 1.78. The highest BCUT2D eigenvalue weighted by molar-refractivity contribution is 5.53. The average molecular weight is 288 g/mol. The fourth-order valence-electron chi connectivity index (χ4n) is 2.58. The molecule has 0 bridgehead atoms. The van der Waals surface area contributed by atoms with E-state index in [-0.39, 0.29) is 0 Å². The number of nitrogen functional groups attached to an aromatic ring is 1. The zero-order valence-electron chi connectivity index (χ0n) is 12.4. The van der Waals surface area contributed by atoms with E-state index in [1.54, 1.807) is 0 Å². The fourth-order valence-corrected chi connectivity index (χ4v) is 2.58. The lowest BCUT2D eigenvalue weighted by Gasteiger charge is -2.24. The normalized spacial score (nSPS) is 14.0. The molecule has 6 heteroatoms. The van der Waals surface area contributed by atoms with E-state index in [4.69, 9.17) is 15.2 Å². The largest absolute Gasteiger partial charge is 0.467 e. The summed E-state index contributed by atoms with van der Waals surface area (Å²) in [4.78, 5) is 6.54. The number of ether oxygens (including phenoxy) is 2. The number of anilines is 1. The number of hydrogen-bond donors (Lipinski definition) is 1. The molecule has 1 aliphatic heterocycles. The average Bonchev–Trinajstić information content (AvgIpc) is 2.84. The van der Waals surface area contributed by atoms with E-state index in [0.29, 0.717) is 13.4 Å². The molecule has 0 atom stereocenters. The van der Waals surface area contributed by atoms with Gasteiger partial charge in [0.1, 0.15) is 11.6 Å². The van der Waals surface area contributed by atoms with Gasteiger partial charge in [-0.05, 0) is 19.2 Å². The molecule has 1 aromatic heterocycles. The maximum absolute atomic E-state index is 5.97. The monoisotopic (exact) mass is 288 g/mol. The predicted molar refractivity (Wildman–Crippen MR) is 79.5 cm³/mol. The van der Waals surface area contributed by atoms with Gasteiger partial charge in [-0.25, -0.2) is 4.98 Å². The number of benzene rings is 1. The smallest absolute Gasteiger partial charge is 0.189 e. The molecular formula is C15H20N4O2. The Morgan fingerprint density at radius 2 is 2.24 bits per heavy atom. The van der Waals surface area contributed by atoms with Crippen LogP contribution in [0.1, 0.15) is 17.0 Å². The van der Waals surface area contributed by atoms with Gasteiger partial charge in [0, 0.05) is 42.8 Å². The van der Waals surface area contributed by atoms with E-state index in [0.717, 1.165) is 41.5 Å². The van der Waals surface area contributed by atoms with Gasteiger partial charge in [0.05, 0.1) is 13.2 Å². The van der Waals surface area contributed by atoms with Crippen molar-refractivity contribution in [3.05, 3.63) is 41.5 Å². The first-order chi connectivity index (χ1) is 10.1. The third-order valence-electron chi connectivity index (χ3n) is 3.58. The number of aryl methyl sites for hydroxylation is 1. The molecule has 6 nitrogen and oxygen atoms in total. The molecule has 0 aliphatic carbocycles. The molecule has 0 fully saturated rings. The lowest BCUT2D eigenvalue weighted by atomic mass is 10.1. The molecule has 0 saturated heterocycles. The number of rotatable bonds is 4. The van der Waals surface area contributed by atoms with Crippen LogP contribution in [-0.2, 0) is 31.5 Å². The summed E-state index contributed by atoms with van der Waals surface area (Å²) in [5.74, 6) is 1.93. The summed E-state index contributed by atoms with van der Waals surface area (Å²) in [5.41, 5.74) is 8.81. The summed E-state index contributed by atoms with van der Waals surface area (Å²) in [6.07, 6.45) is 3.76. The van der Waals surface area contributed by atoms with E-state index in [9.17, 15) is 0 Å². The topological polar surface area (TPSA) is 65.5 Å². The molecule has 0 unspecified atom stereocenters. The van der Waals surface area contributed by atoms with Crippen LogP contribution < -0.4 is 10.5 Å². The van der Waals surface area contributed by atoms with Crippen molar-refractivity contribution in [2.75, 3.05) is 19.6 Å². The molecule has 1 aromatic carbocycles. The maximum atomic E-state index is 5.97. The van der Waals surface area contributed by atoms with Crippen molar-refractivity contribution in [2.24, 2.45) is 7.05 Å². The Kier molecular flexibility index (Phi) is 3.81. The van der Waals surface area contributed by atoms with Crippen LogP contribution in [0, 0.1) is 0 Å². The van der Waals surface area contributed by atoms with Crippen molar-refractivity contribution in [2.45, 2.75) is 19.7 Å². The van der Waals surface area contributed by atoms with E-state index >= 15 is 0 Å². The zero-order chi connectivity index (χ0) is 14.8. The lowest BCUT2D eigenvalue weighted by molar-refractivity contribution is -0.0173. The third kappa shape index (κ3) is 3.01. The van der Waals surface area contributed by atoms with Gasteiger partial charge in [0.25, 0.3) is 0 Å². The molecule has 0 spiro atoms. The van der Waals surface area contributed by atoms with Gasteiger partial charge in [0.2, 0.25) is 0 Å². The number of nitrogens with zero attached hydrogens (tertiary/aromatic N) is 3. The molecule has 0 radical (unpaired) electrons. The van der Waals surface area contributed by atoms with E-state index in [1.807, 2.05) is 36.1 Å². The SMILES string of the molecule is CN(Cc1cc(N)cc2c1OCOC2)Cc1nccn1C. The molecule has 112 valence electrons. The molecule has 2 aromatic rings. The van der Waals surface area contributed by atoms with Crippen LogP contribution in [0.3, 0.4) is 0 Å². The lowest BCUT2D eigenvalue weighted by Crippen LogP contribution is -2.21. The van der Waals surface area contributed by atoms with Crippen LogP contribution >= 0.6 is 0 Å². The number of nitrogens with two attached hydrogens (primary N) is 1. The second-order valence-electron chi connectivity index (χ2n) is 5.41. The maximum Gasteiger partial charge on any atom is 0.189 e. The minimum absolute atomic E-state index is 0.299. The van der Waals surface area contributed by atoms with E-state index in [2.05, 4.69) is 16.9 Å². The van der Waals surface area contributed by atoms with Crippen LogP contribution in [0.4, 0.5) is 5.69 Å². The van der Waals surface area contributed by atoms with Crippen molar-refractivity contribution in [3.8, 4) is 5.75 Å². The highest BCUT2D eigenvalue weighted by atomic mass is 16.7. The van der Waals surface area contributed by atoms with Gasteiger partial charge >= 0.3 is 0 Å². The Morgan fingerprint density at radius 1 is 1.38 bits per heavy atom. The van der Waals surface area contributed by atoms with Crippen LogP contribution in [0.2, 0.25) is 0 Å². The molecule has 1 aliphatic rings. The van der Waals surface area contributed by atoms with Crippen molar-refractivity contribution in [1.82, 2.24) is 14.5 Å². The minimum atomic E-state index is 0.299.